The van der Waals surface area contributed by atoms with Gasteiger partial charge >= 0.3 is 6.18 Å². The van der Waals surface area contributed by atoms with Crippen molar-refractivity contribution >= 4 is 29.1 Å². The molecule has 1 aromatic carbocycles. The maximum Gasteiger partial charge on any atom is 0.416 e. The van der Waals surface area contributed by atoms with Crippen LogP contribution in [0.25, 0.3) is 0 Å². The molecule has 0 aliphatic carbocycles. The zero-order valence-electron chi connectivity index (χ0n) is 20.8. The number of aryl methyl sites for hydroxylation is 2. The summed E-state index contributed by atoms with van der Waals surface area (Å²) in [5.41, 5.74) is 2.65. The molecule has 7 nitrogen and oxygen atoms in total. The first-order chi connectivity index (χ1) is 16.9. The van der Waals surface area contributed by atoms with Crippen molar-refractivity contribution in [3.63, 3.8) is 0 Å². The van der Waals surface area contributed by atoms with Gasteiger partial charge in [0.1, 0.15) is 5.01 Å². The Morgan fingerprint density at radius 2 is 1.94 bits per heavy atom. The molecule has 3 aromatic rings. The predicted molar refractivity (Wildman–Crippen MR) is 135 cm³/mol. The molecule has 2 aromatic heterocycles. The van der Waals surface area contributed by atoms with Crippen molar-refractivity contribution in [2.75, 3.05) is 5.43 Å². The van der Waals surface area contributed by atoms with Crippen LogP contribution in [0.4, 0.5) is 18.9 Å². The highest BCUT2D eigenvalue weighted by atomic mass is 32.1. The fourth-order valence-corrected chi connectivity index (χ4v) is 4.08. The van der Waals surface area contributed by atoms with Crippen LogP contribution in [-0.4, -0.2) is 26.9 Å². The molecule has 0 fully saturated rings. The lowest BCUT2D eigenvalue weighted by Gasteiger charge is -2.12. The largest absolute Gasteiger partial charge is 0.416 e. The fraction of sp³-hybridized carbons (Fsp3) is 0.400. The Morgan fingerprint density at radius 3 is 2.58 bits per heavy atom. The zero-order chi connectivity index (χ0) is 26.5. The van der Waals surface area contributed by atoms with Crippen molar-refractivity contribution in [3.05, 3.63) is 68.7 Å². The summed E-state index contributed by atoms with van der Waals surface area (Å²) in [5.74, 6) is -0.818. The summed E-state index contributed by atoms with van der Waals surface area (Å²) in [4.78, 5) is 22.0. The monoisotopic (exact) mass is 518 g/mol. The van der Waals surface area contributed by atoms with E-state index in [1.54, 1.807) is 10.7 Å². The SMILES string of the molecule is CCCCn1nc(C(C)(C)C)s/c1=N\C(=O)c1cc(C(F)(F)F)ccc1N/N=C/c1cccc(C)n1. The van der Waals surface area contributed by atoms with Crippen LogP contribution in [0.3, 0.4) is 0 Å². The highest BCUT2D eigenvalue weighted by Gasteiger charge is 2.32. The molecule has 0 saturated heterocycles. The molecule has 1 amide bonds. The Morgan fingerprint density at radius 1 is 1.19 bits per heavy atom. The lowest BCUT2D eigenvalue weighted by Crippen LogP contribution is -2.19. The van der Waals surface area contributed by atoms with Crippen LogP contribution in [0, 0.1) is 6.92 Å². The minimum atomic E-state index is -4.62. The Hall–Kier alpha value is -3.34. The molecule has 0 saturated carbocycles. The number of anilines is 1. The fourth-order valence-electron chi connectivity index (χ4n) is 3.10. The summed E-state index contributed by atoms with van der Waals surface area (Å²) in [6.45, 7) is 10.4. The van der Waals surface area contributed by atoms with Gasteiger partial charge in [-0.05, 0) is 43.7 Å². The van der Waals surface area contributed by atoms with E-state index in [0.29, 0.717) is 17.0 Å². The smallest absolute Gasteiger partial charge is 0.278 e. The average molecular weight is 519 g/mol. The van der Waals surface area contributed by atoms with E-state index in [4.69, 9.17) is 0 Å². The molecule has 0 radical (unpaired) electrons. The van der Waals surface area contributed by atoms with Gasteiger partial charge in [-0.2, -0.15) is 28.4 Å². The van der Waals surface area contributed by atoms with Gasteiger partial charge in [0.2, 0.25) is 4.80 Å². The van der Waals surface area contributed by atoms with Crippen LogP contribution in [-0.2, 0) is 18.1 Å². The number of amides is 1. The molecular formula is C25H29F3N6OS. The third-order valence-corrected chi connectivity index (χ3v) is 6.42. The molecule has 1 N–H and O–H groups in total. The van der Waals surface area contributed by atoms with Crippen LogP contribution >= 0.6 is 11.3 Å². The number of carbonyl (C=O) groups excluding carboxylic acids is 1. The maximum atomic E-state index is 13.4. The van der Waals surface area contributed by atoms with E-state index in [1.807, 2.05) is 46.8 Å². The Balaban J connectivity index is 2.03. The molecule has 3 rings (SSSR count). The number of rotatable bonds is 7. The number of halogens is 3. The minimum Gasteiger partial charge on any atom is -0.278 e. The van der Waals surface area contributed by atoms with E-state index in [2.05, 4.69) is 25.6 Å². The zero-order valence-corrected chi connectivity index (χ0v) is 21.7. The van der Waals surface area contributed by atoms with Gasteiger partial charge in [-0.25, -0.2) is 4.68 Å². The van der Waals surface area contributed by atoms with Crippen LogP contribution in [0.1, 0.15) is 72.9 Å². The number of hydrazone groups is 1. The molecule has 0 unspecified atom stereocenters. The van der Waals surface area contributed by atoms with Crippen molar-refractivity contribution in [2.24, 2.45) is 10.1 Å². The molecule has 0 bridgehead atoms. The van der Waals surface area contributed by atoms with Gasteiger partial charge in [-0.1, -0.05) is 51.5 Å². The number of pyridine rings is 1. The molecule has 0 spiro atoms. The van der Waals surface area contributed by atoms with E-state index in [9.17, 15) is 18.0 Å². The van der Waals surface area contributed by atoms with Crippen molar-refractivity contribution in [2.45, 2.75) is 65.6 Å². The Bertz CT molecular complexity index is 1320. The second-order valence-corrected chi connectivity index (χ2v) is 10.2. The number of hydrogen-bond donors (Lipinski definition) is 1. The summed E-state index contributed by atoms with van der Waals surface area (Å²) >= 11 is 1.26. The lowest BCUT2D eigenvalue weighted by atomic mass is 9.98. The number of benzene rings is 1. The number of nitrogens with one attached hydrogen (secondary N) is 1. The number of nitrogens with zero attached hydrogens (tertiary/aromatic N) is 5. The molecule has 0 atom stereocenters. The summed E-state index contributed by atoms with van der Waals surface area (Å²) in [7, 11) is 0. The highest BCUT2D eigenvalue weighted by molar-refractivity contribution is 7.09. The summed E-state index contributed by atoms with van der Waals surface area (Å²) < 4.78 is 41.9. The summed E-state index contributed by atoms with van der Waals surface area (Å²) in [6, 6.07) is 8.23. The van der Waals surface area contributed by atoms with Gasteiger partial charge in [0.15, 0.2) is 0 Å². The Kier molecular flexibility index (Phi) is 8.44. The van der Waals surface area contributed by atoms with Crippen LogP contribution in [0.15, 0.2) is 46.5 Å². The molecule has 36 heavy (non-hydrogen) atoms. The van der Waals surface area contributed by atoms with Gasteiger partial charge in [0.05, 0.1) is 28.7 Å². The quantitative estimate of drug-likeness (QED) is 0.309. The van der Waals surface area contributed by atoms with Crippen molar-refractivity contribution in [3.8, 4) is 0 Å². The van der Waals surface area contributed by atoms with E-state index in [0.717, 1.165) is 35.7 Å². The third kappa shape index (κ3) is 7.09. The first-order valence-corrected chi connectivity index (χ1v) is 12.3. The first kappa shape index (κ1) is 27.3. The normalized spacial score (nSPS) is 12.9. The molecule has 2 heterocycles. The van der Waals surface area contributed by atoms with E-state index in [1.165, 1.54) is 23.6 Å². The number of aromatic nitrogens is 3. The Labute approximate surface area is 211 Å². The molecule has 0 aliphatic heterocycles. The number of alkyl halides is 3. The van der Waals surface area contributed by atoms with Gasteiger partial charge < -0.3 is 0 Å². The van der Waals surface area contributed by atoms with Crippen LogP contribution < -0.4 is 10.2 Å². The topological polar surface area (TPSA) is 84.5 Å². The number of carbonyl (C=O) groups is 1. The molecule has 192 valence electrons. The number of hydrogen-bond acceptors (Lipinski definition) is 6. The third-order valence-electron chi connectivity index (χ3n) is 5.05. The van der Waals surface area contributed by atoms with E-state index >= 15 is 0 Å². The van der Waals surface area contributed by atoms with Crippen LogP contribution in [0.5, 0.6) is 0 Å². The second kappa shape index (κ2) is 11.2. The van der Waals surface area contributed by atoms with Gasteiger partial charge in [0.25, 0.3) is 5.91 Å². The highest BCUT2D eigenvalue weighted by Crippen LogP contribution is 2.32. The standard InChI is InChI=1S/C25H29F3N6OS/c1-6-7-13-34-23(36-22(33-34)24(3,4)5)31-21(35)19-14-17(25(26,27)28)11-12-20(19)32-29-15-18-10-8-9-16(2)30-18/h8-12,14-15,32H,6-7,13H2,1-5H3/b29-15+,31-23-. The molecular weight excluding hydrogens is 489 g/mol. The minimum absolute atomic E-state index is 0.0984. The van der Waals surface area contributed by atoms with E-state index in [-0.39, 0.29) is 16.7 Å². The van der Waals surface area contributed by atoms with Crippen molar-refractivity contribution in [1.82, 2.24) is 14.8 Å². The second-order valence-electron chi connectivity index (χ2n) is 9.27. The van der Waals surface area contributed by atoms with E-state index < -0.39 is 17.6 Å². The van der Waals surface area contributed by atoms with Gasteiger partial charge in [0, 0.05) is 17.7 Å². The molecule has 11 heteroatoms. The summed E-state index contributed by atoms with van der Waals surface area (Å²) in [5, 5.41) is 9.44. The van der Waals surface area contributed by atoms with Crippen molar-refractivity contribution < 1.29 is 18.0 Å². The summed E-state index contributed by atoms with van der Waals surface area (Å²) in [6.07, 6.45) is -1.45. The van der Waals surface area contributed by atoms with Crippen molar-refractivity contribution in [1.29, 1.82) is 0 Å². The molecule has 0 aliphatic rings. The van der Waals surface area contributed by atoms with Gasteiger partial charge in [-0.15, -0.1) is 0 Å². The average Bonchev–Trinajstić information content (AvgIpc) is 3.20. The van der Waals surface area contributed by atoms with Crippen LogP contribution in [0.2, 0.25) is 0 Å². The number of unbranched alkanes of at least 4 members (excludes halogenated alkanes) is 1. The first-order valence-electron chi connectivity index (χ1n) is 11.5. The maximum absolute atomic E-state index is 13.4. The lowest BCUT2D eigenvalue weighted by molar-refractivity contribution is -0.137. The predicted octanol–water partition coefficient (Wildman–Crippen LogP) is 5.95. The van der Waals surface area contributed by atoms with Gasteiger partial charge in [-0.3, -0.25) is 15.2 Å².